The van der Waals surface area contributed by atoms with Crippen molar-refractivity contribution in [2.45, 2.75) is 49.4 Å². The minimum Gasteiger partial charge on any atom is -0.224 e. The van der Waals surface area contributed by atoms with Gasteiger partial charge >= 0.3 is 0 Å². The Labute approximate surface area is 138 Å². The maximum atomic E-state index is 12.4. The third-order valence-electron chi connectivity index (χ3n) is 3.15. The van der Waals surface area contributed by atoms with Crippen LogP contribution in [0.5, 0.6) is 0 Å². The highest BCUT2D eigenvalue weighted by molar-refractivity contribution is 7.91. The molecule has 0 aliphatic carbocycles. The van der Waals surface area contributed by atoms with Crippen molar-refractivity contribution >= 4 is 31.5 Å². The van der Waals surface area contributed by atoms with E-state index in [0.29, 0.717) is 12.3 Å². The van der Waals surface area contributed by atoms with E-state index in [1.165, 1.54) is 12.1 Å². The van der Waals surface area contributed by atoms with Crippen LogP contribution in [0.3, 0.4) is 0 Å². The molecule has 0 spiro atoms. The highest BCUT2D eigenvalue weighted by Gasteiger charge is 2.22. The Hall–Kier alpha value is -0.630. The zero-order chi connectivity index (χ0) is 17.1. The van der Waals surface area contributed by atoms with Crippen LogP contribution in [-0.2, 0) is 19.9 Å². The Balaban J connectivity index is 3.07. The van der Waals surface area contributed by atoms with Crippen molar-refractivity contribution in [3.63, 3.8) is 0 Å². The molecule has 0 fully saturated rings. The lowest BCUT2D eigenvalue weighted by Gasteiger charge is -2.16. The van der Waals surface area contributed by atoms with Gasteiger partial charge in [0.25, 0.3) is 0 Å². The Kier molecular flexibility index (Phi) is 6.44. The first kappa shape index (κ1) is 19.4. The van der Waals surface area contributed by atoms with Crippen LogP contribution in [0.1, 0.15) is 33.6 Å². The van der Waals surface area contributed by atoms with Gasteiger partial charge in [-0.3, -0.25) is 0 Å². The molecule has 0 aliphatic rings. The molecule has 1 atom stereocenters. The van der Waals surface area contributed by atoms with E-state index in [1.807, 2.05) is 0 Å². The molecule has 0 saturated heterocycles. The highest BCUT2D eigenvalue weighted by atomic mass is 35.5. The van der Waals surface area contributed by atoms with Gasteiger partial charge in [-0.05, 0) is 43.9 Å². The molecule has 126 valence electrons. The molecule has 1 aromatic carbocycles. The minimum atomic E-state index is -3.87. The molecule has 5 nitrogen and oxygen atoms in total. The third kappa shape index (κ3) is 5.53. The van der Waals surface area contributed by atoms with E-state index in [4.69, 9.17) is 11.6 Å². The lowest BCUT2D eigenvalue weighted by atomic mass is 10.1. The Morgan fingerprint density at radius 3 is 2.18 bits per heavy atom. The van der Waals surface area contributed by atoms with E-state index < -0.39 is 19.9 Å². The first-order valence-electron chi connectivity index (χ1n) is 6.95. The lowest BCUT2D eigenvalue weighted by molar-refractivity contribution is 0.485. The van der Waals surface area contributed by atoms with E-state index in [-0.39, 0.29) is 20.9 Å². The van der Waals surface area contributed by atoms with E-state index in [2.05, 4.69) is 18.6 Å². The summed E-state index contributed by atoms with van der Waals surface area (Å²) in [7, 11) is -7.37. The Bertz CT molecular complexity index is 727. The smallest absolute Gasteiger partial charge is 0.224 e. The van der Waals surface area contributed by atoms with Gasteiger partial charge in [0.1, 0.15) is 4.90 Å². The summed E-state index contributed by atoms with van der Waals surface area (Å²) < 4.78 is 50.5. The van der Waals surface area contributed by atoms with Gasteiger partial charge in [-0.1, -0.05) is 25.4 Å². The molecule has 0 amide bonds. The van der Waals surface area contributed by atoms with Crippen LogP contribution in [0.15, 0.2) is 28.0 Å². The van der Waals surface area contributed by atoms with Gasteiger partial charge in [0.2, 0.25) is 10.0 Å². The van der Waals surface area contributed by atoms with Crippen LogP contribution in [0.4, 0.5) is 0 Å². The van der Waals surface area contributed by atoms with Gasteiger partial charge in [-0.2, -0.15) is 0 Å². The fourth-order valence-electron chi connectivity index (χ4n) is 1.89. The minimum absolute atomic E-state index is 0.00374. The van der Waals surface area contributed by atoms with E-state index in [0.717, 1.165) is 18.7 Å². The molecule has 8 heteroatoms. The molecule has 0 unspecified atom stereocenters. The third-order valence-corrected chi connectivity index (χ3v) is 6.34. The van der Waals surface area contributed by atoms with Crippen LogP contribution < -0.4 is 4.72 Å². The van der Waals surface area contributed by atoms with Crippen molar-refractivity contribution < 1.29 is 16.8 Å². The molecular formula is C14H22ClNO4S2. The molecule has 1 N–H and O–H groups in total. The summed E-state index contributed by atoms with van der Waals surface area (Å²) in [5, 5.41) is -0.00374. The molecule has 0 aliphatic heterocycles. The second-order valence-electron chi connectivity index (χ2n) is 5.86. The second-order valence-corrected chi connectivity index (χ2v) is 9.96. The summed E-state index contributed by atoms with van der Waals surface area (Å²) in [5.41, 5.74) is 0. The summed E-state index contributed by atoms with van der Waals surface area (Å²) >= 11 is 5.93. The zero-order valence-corrected chi connectivity index (χ0v) is 15.5. The molecule has 1 rings (SSSR count). The van der Waals surface area contributed by atoms with Gasteiger partial charge in [0.05, 0.1) is 9.92 Å². The van der Waals surface area contributed by atoms with Crippen LogP contribution in [0, 0.1) is 5.92 Å². The summed E-state index contributed by atoms with van der Waals surface area (Å²) in [6.45, 7) is 5.90. The molecule has 0 aromatic heterocycles. The topological polar surface area (TPSA) is 80.3 Å². The largest absolute Gasteiger partial charge is 0.242 e. The zero-order valence-electron chi connectivity index (χ0n) is 13.1. The first-order chi connectivity index (χ1) is 9.93. The Morgan fingerprint density at radius 1 is 1.09 bits per heavy atom. The standard InChI is InChI=1S/C14H22ClNO4S2/c1-10(2)5-6-11(3)16-22(19,20)14-9-12(21(4,17)18)7-8-13(14)15/h7-11,16H,5-6H2,1-4H3/t11-/m0/s1. The monoisotopic (exact) mass is 367 g/mol. The van der Waals surface area contributed by atoms with Crippen LogP contribution in [0.2, 0.25) is 5.02 Å². The number of benzene rings is 1. The van der Waals surface area contributed by atoms with Gasteiger partial charge in [0, 0.05) is 12.3 Å². The fourth-order valence-corrected chi connectivity index (χ4v) is 4.42. The number of sulfone groups is 1. The van der Waals surface area contributed by atoms with E-state index in [1.54, 1.807) is 6.92 Å². The quantitative estimate of drug-likeness (QED) is 0.803. The van der Waals surface area contributed by atoms with Gasteiger partial charge < -0.3 is 0 Å². The van der Waals surface area contributed by atoms with Crippen molar-refractivity contribution in [3.8, 4) is 0 Å². The van der Waals surface area contributed by atoms with E-state index in [9.17, 15) is 16.8 Å². The molecule has 0 heterocycles. The average Bonchev–Trinajstić information content (AvgIpc) is 2.34. The Morgan fingerprint density at radius 2 is 1.68 bits per heavy atom. The highest BCUT2D eigenvalue weighted by Crippen LogP contribution is 2.25. The normalized spacial score (nSPS) is 14.3. The molecule has 0 radical (unpaired) electrons. The SMILES string of the molecule is CC(C)CC[C@H](C)NS(=O)(=O)c1cc(S(C)(=O)=O)ccc1Cl. The molecular weight excluding hydrogens is 346 g/mol. The van der Waals surface area contributed by atoms with Crippen molar-refractivity contribution in [3.05, 3.63) is 23.2 Å². The summed E-state index contributed by atoms with van der Waals surface area (Å²) in [5.74, 6) is 0.476. The predicted octanol–water partition coefficient (Wildman–Crippen LogP) is 2.85. The second kappa shape index (κ2) is 7.29. The number of rotatable bonds is 7. The predicted molar refractivity (Wildman–Crippen MR) is 88.4 cm³/mol. The van der Waals surface area contributed by atoms with Crippen LogP contribution in [-0.4, -0.2) is 29.1 Å². The number of hydrogen-bond acceptors (Lipinski definition) is 4. The van der Waals surface area contributed by atoms with Crippen molar-refractivity contribution in [1.82, 2.24) is 4.72 Å². The summed E-state index contributed by atoms with van der Waals surface area (Å²) in [6.07, 6.45) is 2.60. The fraction of sp³-hybridized carbons (Fsp3) is 0.571. The number of hydrogen-bond donors (Lipinski definition) is 1. The van der Waals surface area contributed by atoms with Crippen molar-refractivity contribution in [2.24, 2.45) is 5.92 Å². The van der Waals surface area contributed by atoms with Crippen molar-refractivity contribution in [1.29, 1.82) is 0 Å². The lowest BCUT2D eigenvalue weighted by Crippen LogP contribution is -2.33. The van der Waals surface area contributed by atoms with E-state index >= 15 is 0 Å². The summed E-state index contributed by atoms with van der Waals surface area (Å²) in [4.78, 5) is -0.291. The molecule has 0 saturated carbocycles. The maximum absolute atomic E-state index is 12.4. The first-order valence-corrected chi connectivity index (χ1v) is 10.7. The number of sulfonamides is 1. The molecule has 0 bridgehead atoms. The van der Waals surface area contributed by atoms with Crippen LogP contribution >= 0.6 is 11.6 Å². The number of halogens is 1. The van der Waals surface area contributed by atoms with Crippen molar-refractivity contribution in [2.75, 3.05) is 6.26 Å². The van der Waals surface area contributed by atoms with Gasteiger partial charge in [-0.15, -0.1) is 0 Å². The van der Waals surface area contributed by atoms with Gasteiger partial charge in [-0.25, -0.2) is 21.6 Å². The number of nitrogens with one attached hydrogen (secondary N) is 1. The average molecular weight is 368 g/mol. The maximum Gasteiger partial charge on any atom is 0.242 e. The molecule has 1 aromatic rings. The van der Waals surface area contributed by atoms with Gasteiger partial charge in [0.15, 0.2) is 9.84 Å². The van der Waals surface area contributed by atoms with Crippen LogP contribution in [0.25, 0.3) is 0 Å². The molecule has 22 heavy (non-hydrogen) atoms. The summed E-state index contributed by atoms with van der Waals surface area (Å²) in [6, 6.07) is 3.41.